The topological polar surface area (TPSA) is 33.2 Å². The van der Waals surface area contributed by atoms with E-state index in [1.54, 1.807) is 0 Å². The Kier molecular flexibility index (Phi) is 3.51. The molecule has 19 heavy (non-hydrogen) atoms. The number of benzene rings is 1. The summed E-state index contributed by atoms with van der Waals surface area (Å²) < 4.78 is 0. The Labute approximate surface area is 120 Å². The van der Waals surface area contributed by atoms with E-state index in [4.69, 9.17) is 0 Å². The molecule has 0 aliphatic carbocycles. The number of hydrogen-bond acceptors (Lipinski definition) is 2. The minimum atomic E-state index is 0.253. The maximum atomic E-state index is 11.8. The van der Waals surface area contributed by atoms with E-state index in [0.717, 1.165) is 24.9 Å². The molecule has 1 unspecified atom stereocenters. The Balaban J connectivity index is 1.77. The van der Waals surface area contributed by atoms with Crippen LogP contribution < -0.4 is 0 Å². The highest BCUT2D eigenvalue weighted by Crippen LogP contribution is 2.21. The van der Waals surface area contributed by atoms with Crippen LogP contribution in [0, 0.1) is 0 Å². The molecule has 98 valence electrons. The van der Waals surface area contributed by atoms with Crippen LogP contribution in [0.1, 0.15) is 12.0 Å². The first kappa shape index (κ1) is 12.6. The molecule has 1 aromatic carbocycles. The van der Waals surface area contributed by atoms with Crippen molar-refractivity contribution >= 4 is 32.6 Å². The third-order valence-corrected chi connectivity index (χ3v) is 4.20. The molecule has 1 fully saturated rings. The summed E-state index contributed by atoms with van der Waals surface area (Å²) in [5.74, 6) is 0.253. The summed E-state index contributed by atoms with van der Waals surface area (Å²) >= 11 is 3.51. The van der Waals surface area contributed by atoms with Crippen molar-refractivity contribution in [3.05, 3.63) is 42.2 Å². The van der Waals surface area contributed by atoms with Crippen LogP contribution in [-0.4, -0.2) is 33.7 Å². The lowest BCUT2D eigenvalue weighted by atomic mass is 10.0. The van der Waals surface area contributed by atoms with Crippen LogP contribution in [-0.2, 0) is 11.2 Å². The fraction of sp³-hybridized carbons (Fsp3) is 0.333. The van der Waals surface area contributed by atoms with Gasteiger partial charge in [-0.3, -0.25) is 9.78 Å². The van der Waals surface area contributed by atoms with Crippen LogP contribution in [0.3, 0.4) is 0 Å². The molecule has 1 aliphatic rings. The molecule has 1 saturated heterocycles. The van der Waals surface area contributed by atoms with Crippen molar-refractivity contribution in [2.45, 2.75) is 17.7 Å². The summed E-state index contributed by atoms with van der Waals surface area (Å²) in [5, 5.41) is 2.39. The maximum absolute atomic E-state index is 11.8. The first-order chi connectivity index (χ1) is 9.24. The number of fused-ring (bicyclic) bond motifs is 1. The van der Waals surface area contributed by atoms with Gasteiger partial charge in [0, 0.05) is 42.1 Å². The van der Waals surface area contributed by atoms with Gasteiger partial charge in [0.15, 0.2) is 0 Å². The van der Waals surface area contributed by atoms with Gasteiger partial charge in [0.1, 0.15) is 0 Å². The zero-order chi connectivity index (χ0) is 13.2. The predicted molar refractivity (Wildman–Crippen MR) is 79.4 cm³/mol. The Bertz CT molecular complexity index is 609. The summed E-state index contributed by atoms with van der Waals surface area (Å²) in [5.41, 5.74) is 1.28. The van der Waals surface area contributed by atoms with Gasteiger partial charge in [-0.2, -0.15) is 0 Å². The maximum Gasteiger partial charge on any atom is 0.223 e. The Morgan fingerprint density at radius 2 is 2.26 bits per heavy atom. The van der Waals surface area contributed by atoms with Crippen molar-refractivity contribution in [2.24, 2.45) is 0 Å². The van der Waals surface area contributed by atoms with Gasteiger partial charge in [-0.05, 0) is 23.4 Å². The molecule has 1 aromatic heterocycles. The highest BCUT2D eigenvalue weighted by Gasteiger charge is 2.27. The van der Waals surface area contributed by atoms with E-state index in [-0.39, 0.29) is 5.91 Å². The van der Waals surface area contributed by atoms with Crippen LogP contribution in [0.15, 0.2) is 36.7 Å². The second kappa shape index (κ2) is 5.29. The third-order valence-electron chi connectivity index (χ3n) is 3.59. The molecule has 4 heteroatoms. The predicted octanol–water partition coefficient (Wildman–Crippen LogP) is 2.77. The van der Waals surface area contributed by atoms with Gasteiger partial charge in [-0.15, -0.1) is 0 Å². The second-order valence-electron chi connectivity index (χ2n) is 4.91. The van der Waals surface area contributed by atoms with Gasteiger partial charge in [0.05, 0.1) is 0 Å². The number of carbonyl (C=O) groups excluding carboxylic acids is 1. The van der Waals surface area contributed by atoms with Crippen LogP contribution >= 0.6 is 15.9 Å². The van der Waals surface area contributed by atoms with Gasteiger partial charge in [0.2, 0.25) is 5.91 Å². The monoisotopic (exact) mass is 318 g/mol. The molecule has 3 rings (SSSR count). The zero-order valence-corrected chi connectivity index (χ0v) is 12.1. The second-order valence-corrected chi connectivity index (χ2v) is 6.20. The smallest absolute Gasteiger partial charge is 0.223 e. The largest absolute Gasteiger partial charge is 0.341 e. The number of alkyl halides is 1. The van der Waals surface area contributed by atoms with Crippen molar-refractivity contribution in [2.75, 3.05) is 13.1 Å². The van der Waals surface area contributed by atoms with Gasteiger partial charge in [0.25, 0.3) is 0 Å². The lowest BCUT2D eigenvalue weighted by Crippen LogP contribution is -2.27. The first-order valence-electron chi connectivity index (χ1n) is 6.47. The third kappa shape index (κ3) is 2.63. The van der Waals surface area contributed by atoms with Crippen molar-refractivity contribution < 1.29 is 4.79 Å². The number of rotatable bonds is 3. The van der Waals surface area contributed by atoms with Crippen LogP contribution in [0.25, 0.3) is 10.8 Å². The number of pyridine rings is 1. The Hall–Kier alpha value is -1.42. The minimum absolute atomic E-state index is 0.253. The Morgan fingerprint density at radius 1 is 1.37 bits per heavy atom. The lowest BCUT2D eigenvalue weighted by molar-refractivity contribution is -0.127. The van der Waals surface area contributed by atoms with Crippen molar-refractivity contribution in [3.8, 4) is 0 Å². The number of halogens is 1. The van der Waals surface area contributed by atoms with Gasteiger partial charge in [-0.25, -0.2) is 0 Å². The number of carbonyl (C=O) groups is 1. The van der Waals surface area contributed by atoms with E-state index in [0.29, 0.717) is 11.2 Å². The van der Waals surface area contributed by atoms with E-state index in [9.17, 15) is 4.79 Å². The average molecular weight is 319 g/mol. The van der Waals surface area contributed by atoms with Gasteiger partial charge in [-0.1, -0.05) is 34.1 Å². The van der Waals surface area contributed by atoms with Gasteiger partial charge >= 0.3 is 0 Å². The summed E-state index contributed by atoms with van der Waals surface area (Å²) in [6, 6.07) is 8.30. The highest BCUT2D eigenvalue weighted by molar-refractivity contribution is 9.09. The fourth-order valence-electron chi connectivity index (χ4n) is 2.60. The van der Waals surface area contributed by atoms with E-state index in [1.807, 2.05) is 23.4 Å². The molecule has 0 saturated carbocycles. The molecular formula is C15H15BrN2O. The normalized spacial score (nSPS) is 19.3. The number of nitrogens with zero attached hydrogens (tertiary/aromatic N) is 2. The van der Waals surface area contributed by atoms with E-state index in [1.165, 1.54) is 10.9 Å². The van der Waals surface area contributed by atoms with Crippen LogP contribution in [0.4, 0.5) is 0 Å². The SMILES string of the molecule is O=C1CC(Br)CN1CCc1cccc2cnccc12. The average Bonchev–Trinajstić information content (AvgIpc) is 2.74. The molecule has 1 atom stereocenters. The van der Waals surface area contributed by atoms with Gasteiger partial charge < -0.3 is 4.90 Å². The molecule has 1 amide bonds. The van der Waals surface area contributed by atoms with Crippen molar-refractivity contribution in [1.82, 2.24) is 9.88 Å². The number of likely N-dealkylation sites (tertiary alicyclic amines) is 1. The van der Waals surface area contributed by atoms with Crippen molar-refractivity contribution in [1.29, 1.82) is 0 Å². The molecule has 0 N–H and O–H groups in total. The standard InChI is InChI=1S/C15H15BrN2O/c16-13-8-15(19)18(10-13)7-5-11-2-1-3-12-9-17-6-4-14(11)12/h1-4,6,9,13H,5,7-8,10H2. The summed E-state index contributed by atoms with van der Waals surface area (Å²) in [7, 11) is 0. The Morgan fingerprint density at radius 3 is 3.05 bits per heavy atom. The number of amides is 1. The highest BCUT2D eigenvalue weighted by atomic mass is 79.9. The summed E-state index contributed by atoms with van der Waals surface area (Å²) in [6.07, 6.45) is 5.22. The molecule has 0 spiro atoms. The molecule has 2 heterocycles. The van der Waals surface area contributed by atoms with Crippen LogP contribution in [0.5, 0.6) is 0 Å². The minimum Gasteiger partial charge on any atom is -0.341 e. The molecule has 0 radical (unpaired) electrons. The number of aromatic nitrogens is 1. The van der Waals surface area contributed by atoms with Crippen molar-refractivity contribution in [3.63, 3.8) is 0 Å². The van der Waals surface area contributed by atoms with Crippen LogP contribution in [0.2, 0.25) is 0 Å². The molecule has 1 aliphatic heterocycles. The summed E-state index contributed by atoms with van der Waals surface area (Å²) in [6.45, 7) is 1.62. The zero-order valence-electron chi connectivity index (χ0n) is 10.6. The first-order valence-corrected chi connectivity index (χ1v) is 7.39. The number of hydrogen-bond donors (Lipinski definition) is 0. The quantitative estimate of drug-likeness (QED) is 0.815. The lowest BCUT2D eigenvalue weighted by Gasteiger charge is -2.16. The summed E-state index contributed by atoms with van der Waals surface area (Å²) in [4.78, 5) is 18.2. The molecule has 0 bridgehead atoms. The molecule has 3 nitrogen and oxygen atoms in total. The van der Waals surface area contributed by atoms with E-state index in [2.05, 4.69) is 39.1 Å². The fourth-order valence-corrected chi connectivity index (χ4v) is 3.23. The van der Waals surface area contributed by atoms with E-state index >= 15 is 0 Å². The molecular weight excluding hydrogens is 304 g/mol. The van der Waals surface area contributed by atoms with E-state index < -0.39 is 0 Å². The molecule has 2 aromatic rings.